The van der Waals surface area contributed by atoms with E-state index >= 15 is 0 Å². The van der Waals surface area contributed by atoms with Crippen molar-refractivity contribution >= 4 is 11.6 Å². The first kappa shape index (κ1) is 16.0. The monoisotopic (exact) mass is 358 g/mol. The maximum Gasteiger partial charge on any atom is 0.260 e. The molecule has 0 saturated heterocycles. The van der Waals surface area contributed by atoms with Gasteiger partial charge in [0.2, 0.25) is 5.82 Å². The summed E-state index contributed by atoms with van der Waals surface area (Å²) in [4.78, 5) is 8.93. The lowest BCUT2D eigenvalue weighted by atomic mass is 10.0. The van der Waals surface area contributed by atoms with E-state index in [4.69, 9.17) is 21.4 Å². The fourth-order valence-corrected chi connectivity index (χ4v) is 2.78. The van der Waals surface area contributed by atoms with Crippen LogP contribution in [0.5, 0.6) is 0 Å². The standard InChI is InChI=1S/C20H11ClN4O/c21-16-4-1-3-15(11-16)19-24-20(26-25-19)17-5-2-10-23-18(17)14-8-6-13(12-22)7-9-14/h1-11H. The lowest BCUT2D eigenvalue weighted by molar-refractivity contribution is 0.432. The Kier molecular flexibility index (Phi) is 4.18. The van der Waals surface area contributed by atoms with Crippen LogP contribution in [0.1, 0.15) is 5.56 Å². The predicted molar refractivity (Wildman–Crippen MR) is 98.1 cm³/mol. The molecule has 0 fully saturated rings. The maximum absolute atomic E-state index is 8.95. The zero-order valence-electron chi connectivity index (χ0n) is 13.4. The van der Waals surface area contributed by atoms with Crippen molar-refractivity contribution in [1.82, 2.24) is 15.1 Å². The molecule has 6 heteroatoms. The van der Waals surface area contributed by atoms with Crippen LogP contribution >= 0.6 is 11.6 Å². The van der Waals surface area contributed by atoms with E-state index in [1.807, 2.05) is 36.4 Å². The largest absolute Gasteiger partial charge is 0.334 e. The van der Waals surface area contributed by atoms with Gasteiger partial charge in [0.25, 0.3) is 5.89 Å². The molecule has 0 atom stereocenters. The highest BCUT2D eigenvalue weighted by atomic mass is 35.5. The van der Waals surface area contributed by atoms with E-state index in [9.17, 15) is 0 Å². The second-order valence-corrected chi connectivity index (χ2v) is 5.96. The molecule has 4 aromatic rings. The number of benzene rings is 2. The van der Waals surface area contributed by atoms with Crippen molar-refractivity contribution in [2.24, 2.45) is 0 Å². The third-order valence-electron chi connectivity index (χ3n) is 3.83. The van der Waals surface area contributed by atoms with Gasteiger partial charge in [-0.2, -0.15) is 10.2 Å². The molecule has 2 aromatic heterocycles. The van der Waals surface area contributed by atoms with Crippen LogP contribution in [0, 0.1) is 11.3 Å². The van der Waals surface area contributed by atoms with Gasteiger partial charge in [-0.05, 0) is 36.4 Å². The summed E-state index contributed by atoms with van der Waals surface area (Å²) in [5.41, 5.74) is 3.65. The number of pyridine rings is 1. The highest BCUT2D eigenvalue weighted by molar-refractivity contribution is 6.30. The summed E-state index contributed by atoms with van der Waals surface area (Å²) in [5, 5.41) is 13.6. The van der Waals surface area contributed by atoms with Crippen LogP contribution in [0.25, 0.3) is 34.1 Å². The Bertz CT molecular complexity index is 1110. The topological polar surface area (TPSA) is 75.6 Å². The Morgan fingerprint density at radius 2 is 1.81 bits per heavy atom. The molecule has 0 aliphatic carbocycles. The van der Waals surface area contributed by atoms with Gasteiger partial charge >= 0.3 is 0 Å². The Morgan fingerprint density at radius 3 is 2.58 bits per heavy atom. The lowest BCUT2D eigenvalue weighted by Gasteiger charge is -2.05. The number of hydrogen-bond acceptors (Lipinski definition) is 5. The van der Waals surface area contributed by atoms with Crippen LogP contribution in [-0.2, 0) is 0 Å². The van der Waals surface area contributed by atoms with Crippen molar-refractivity contribution in [2.45, 2.75) is 0 Å². The van der Waals surface area contributed by atoms with Crippen molar-refractivity contribution < 1.29 is 4.52 Å². The second kappa shape index (κ2) is 6.79. The van der Waals surface area contributed by atoms with Crippen molar-refractivity contribution in [2.75, 3.05) is 0 Å². The molecular weight excluding hydrogens is 348 g/mol. The third kappa shape index (κ3) is 3.06. The highest BCUT2D eigenvalue weighted by Gasteiger charge is 2.16. The van der Waals surface area contributed by atoms with Gasteiger partial charge in [0.1, 0.15) is 0 Å². The maximum atomic E-state index is 8.95. The molecule has 2 aromatic carbocycles. The van der Waals surface area contributed by atoms with Crippen molar-refractivity contribution in [3.05, 3.63) is 77.4 Å². The number of nitriles is 1. The first-order valence-electron chi connectivity index (χ1n) is 7.80. The van der Waals surface area contributed by atoms with Gasteiger partial charge in [0, 0.05) is 22.3 Å². The van der Waals surface area contributed by atoms with Gasteiger partial charge in [-0.3, -0.25) is 4.98 Å². The van der Waals surface area contributed by atoms with Gasteiger partial charge in [0.05, 0.1) is 22.9 Å². The molecule has 0 saturated carbocycles. The molecule has 26 heavy (non-hydrogen) atoms. The summed E-state index contributed by atoms with van der Waals surface area (Å²) in [6.07, 6.45) is 1.70. The predicted octanol–water partition coefficient (Wildman–Crippen LogP) is 4.99. The van der Waals surface area contributed by atoms with Crippen LogP contribution in [0.4, 0.5) is 0 Å². The van der Waals surface area contributed by atoms with Crippen molar-refractivity contribution in [1.29, 1.82) is 5.26 Å². The summed E-state index contributed by atoms with van der Waals surface area (Å²) in [5.74, 6) is 0.824. The van der Waals surface area contributed by atoms with Crippen molar-refractivity contribution in [3.8, 4) is 40.2 Å². The molecule has 124 valence electrons. The summed E-state index contributed by atoms with van der Waals surface area (Å²) in [6, 6.07) is 20.2. The van der Waals surface area contributed by atoms with Crippen molar-refractivity contribution in [3.63, 3.8) is 0 Å². The van der Waals surface area contributed by atoms with E-state index in [0.29, 0.717) is 28.0 Å². The summed E-state index contributed by atoms with van der Waals surface area (Å²) in [6.45, 7) is 0. The Morgan fingerprint density at radius 1 is 0.962 bits per heavy atom. The van der Waals surface area contributed by atoms with E-state index in [1.54, 1.807) is 30.5 Å². The summed E-state index contributed by atoms with van der Waals surface area (Å²) >= 11 is 6.03. The first-order valence-corrected chi connectivity index (χ1v) is 8.18. The van der Waals surface area contributed by atoms with Gasteiger partial charge in [-0.15, -0.1) is 0 Å². The molecule has 0 bridgehead atoms. The number of nitrogens with zero attached hydrogens (tertiary/aromatic N) is 4. The minimum absolute atomic E-state index is 0.368. The fourth-order valence-electron chi connectivity index (χ4n) is 2.59. The molecule has 0 spiro atoms. The zero-order chi connectivity index (χ0) is 17.9. The number of hydrogen-bond donors (Lipinski definition) is 0. The average Bonchev–Trinajstić information content (AvgIpc) is 3.18. The molecule has 5 nitrogen and oxygen atoms in total. The number of rotatable bonds is 3. The van der Waals surface area contributed by atoms with Crippen LogP contribution in [-0.4, -0.2) is 15.1 Å². The van der Waals surface area contributed by atoms with Crippen LogP contribution < -0.4 is 0 Å². The first-order chi connectivity index (χ1) is 12.7. The highest BCUT2D eigenvalue weighted by Crippen LogP contribution is 2.31. The van der Waals surface area contributed by atoms with E-state index in [-0.39, 0.29) is 0 Å². The Hall–Kier alpha value is -3.49. The number of aromatic nitrogens is 3. The van der Waals surface area contributed by atoms with E-state index in [2.05, 4.69) is 21.2 Å². The molecule has 4 rings (SSSR count). The molecule has 0 amide bonds. The second-order valence-electron chi connectivity index (χ2n) is 5.52. The minimum atomic E-state index is 0.368. The fraction of sp³-hybridized carbons (Fsp3) is 0. The van der Waals surface area contributed by atoms with E-state index in [0.717, 1.165) is 16.7 Å². The SMILES string of the molecule is N#Cc1ccc(-c2ncccc2-c2nc(-c3cccc(Cl)c3)no2)cc1. The smallest absolute Gasteiger partial charge is 0.260 e. The summed E-state index contributed by atoms with van der Waals surface area (Å²) < 4.78 is 5.46. The summed E-state index contributed by atoms with van der Waals surface area (Å²) in [7, 11) is 0. The molecule has 0 aliphatic rings. The Labute approximate surface area is 154 Å². The normalized spacial score (nSPS) is 10.5. The molecule has 2 heterocycles. The third-order valence-corrected chi connectivity index (χ3v) is 4.07. The molecule has 0 radical (unpaired) electrons. The number of halogens is 1. The average molecular weight is 359 g/mol. The Balaban J connectivity index is 1.76. The van der Waals surface area contributed by atoms with E-state index in [1.165, 1.54) is 0 Å². The molecule has 0 N–H and O–H groups in total. The van der Waals surface area contributed by atoms with Crippen LogP contribution in [0.15, 0.2) is 71.4 Å². The van der Waals surface area contributed by atoms with Gasteiger partial charge in [-0.25, -0.2) is 0 Å². The van der Waals surface area contributed by atoms with Gasteiger partial charge in [0.15, 0.2) is 0 Å². The van der Waals surface area contributed by atoms with Crippen LogP contribution in [0.2, 0.25) is 5.02 Å². The van der Waals surface area contributed by atoms with Gasteiger partial charge in [-0.1, -0.05) is 41.0 Å². The minimum Gasteiger partial charge on any atom is -0.334 e. The zero-order valence-corrected chi connectivity index (χ0v) is 14.2. The molecular formula is C20H11ClN4O. The van der Waals surface area contributed by atoms with Crippen LogP contribution in [0.3, 0.4) is 0 Å². The molecule has 0 unspecified atom stereocenters. The lowest BCUT2D eigenvalue weighted by Crippen LogP contribution is -1.89. The molecule has 0 aliphatic heterocycles. The quantitative estimate of drug-likeness (QED) is 0.515. The van der Waals surface area contributed by atoms with E-state index < -0.39 is 0 Å². The van der Waals surface area contributed by atoms with Gasteiger partial charge < -0.3 is 4.52 Å².